The zero-order valence-electron chi connectivity index (χ0n) is 18.7. The molecular formula is C17H29N3O12P2. The van der Waals surface area contributed by atoms with Gasteiger partial charge in [0.2, 0.25) is 0 Å². The number of hydrogen-bond donors (Lipinski definition) is 5. The van der Waals surface area contributed by atoms with E-state index in [1.54, 1.807) is 0 Å². The number of phosphoric acid groups is 2. The summed E-state index contributed by atoms with van der Waals surface area (Å²) in [6.07, 6.45) is -2.95. The molecule has 8 atom stereocenters. The molecule has 0 saturated carbocycles. The smallest absolute Gasteiger partial charge is 0.389 e. The molecule has 2 fully saturated rings. The molecule has 194 valence electrons. The molecule has 0 aromatic carbocycles. The van der Waals surface area contributed by atoms with Crippen LogP contribution in [0.3, 0.4) is 0 Å². The summed E-state index contributed by atoms with van der Waals surface area (Å²) >= 11 is 0. The Morgan fingerprint density at radius 3 is 2.59 bits per heavy atom. The number of hydrogen-bond acceptors (Lipinski definition) is 11. The van der Waals surface area contributed by atoms with E-state index < -0.39 is 69.9 Å². The molecule has 1 aromatic rings. The average molecular weight is 529 g/mol. The summed E-state index contributed by atoms with van der Waals surface area (Å²) in [4.78, 5) is 45.4. The van der Waals surface area contributed by atoms with E-state index in [0.29, 0.717) is 18.4 Å². The maximum absolute atomic E-state index is 12.2. The second kappa shape index (κ2) is 10.0. The highest BCUT2D eigenvalue weighted by Crippen LogP contribution is 2.61. The number of H-pyrrole nitrogens is 1. The molecule has 0 spiro atoms. The van der Waals surface area contributed by atoms with Crippen LogP contribution < -0.4 is 17.0 Å². The third-order valence-electron chi connectivity index (χ3n) is 5.52. The lowest BCUT2D eigenvalue weighted by molar-refractivity contribution is -0.208. The van der Waals surface area contributed by atoms with Crippen molar-refractivity contribution in [1.29, 1.82) is 0 Å². The molecule has 2 saturated heterocycles. The van der Waals surface area contributed by atoms with Crippen LogP contribution in [-0.4, -0.2) is 61.2 Å². The summed E-state index contributed by atoms with van der Waals surface area (Å²) < 4.78 is 50.4. The van der Waals surface area contributed by atoms with Gasteiger partial charge in [0.05, 0.1) is 24.9 Å². The van der Waals surface area contributed by atoms with Gasteiger partial charge in [0.25, 0.3) is 5.56 Å². The van der Waals surface area contributed by atoms with Crippen LogP contribution >= 0.6 is 15.6 Å². The lowest BCUT2D eigenvalue weighted by Gasteiger charge is -2.42. The number of aliphatic hydroxyl groups is 1. The molecule has 0 bridgehead atoms. The first-order valence-electron chi connectivity index (χ1n) is 10.4. The molecule has 2 unspecified atom stereocenters. The Balaban J connectivity index is 1.54. The van der Waals surface area contributed by atoms with E-state index in [-0.39, 0.29) is 6.42 Å². The van der Waals surface area contributed by atoms with Gasteiger partial charge in [-0.2, -0.15) is 4.31 Å². The molecular weight excluding hydrogens is 500 g/mol. The number of nitrogens with one attached hydrogen (secondary N) is 1. The fraction of sp³-hybridized carbons (Fsp3) is 0.765. The van der Waals surface area contributed by atoms with E-state index >= 15 is 0 Å². The van der Waals surface area contributed by atoms with Gasteiger partial charge in [-0.3, -0.25) is 23.4 Å². The van der Waals surface area contributed by atoms with Gasteiger partial charge in [-0.1, -0.05) is 0 Å². The minimum atomic E-state index is -5.14. The number of phosphoric ester groups is 2. The topological polar surface area (TPSA) is 222 Å². The summed E-state index contributed by atoms with van der Waals surface area (Å²) in [5, 5.41) is 9.99. The van der Waals surface area contributed by atoms with Crippen molar-refractivity contribution in [2.24, 2.45) is 5.73 Å². The first kappa shape index (κ1) is 27.4. The number of nitrogens with zero attached hydrogens (tertiary/aromatic N) is 1. The molecule has 17 heteroatoms. The Hall–Kier alpha value is -1.22. The highest BCUT2D eigenvalue weighted by molar-refractivity contribution is 7.61. The first-order valence-corrected chi connectivity index (χ1v) is 13.4. The number of nitrogens with two attached hydrogens (primary N) is 1. The number of ether oxygens (including phenoxy) is 2. The van der Waals surface area contributed by atoms with Crippen LogP contribution in [0.25, 0.3) is 0 Å². The van der Waals surface area contributed by atoms with Gasteiger partial charge in [0.1, 0.15) is 6.23 Å². The van der Waals surface area contributed by atoms with Gasteiger partial charge in [-0.15, -0.1) is 0 Å². The van der Waals surface area contributed by atoms with Crippen LogP contribution in [0.2, 0.25) is 0 Å². The molecule has 2 aliphatic heterocycles. The fourth-order valence-electron chi connectivity index (χ4n) is 3.75. The van der Waals surface area contributed by atoms with Gasteiger partial charge < -0.3 is 30.1 Å². The van der Waals surface area contributed by atoms with Crippen molar-refractivity contribution in [2.45, 2.75) is 76.4 Å². The van der Waals surface area contributed by atoms with E-state index in [4.69, 9.17) is 24.3 Å². The third-order valence-corrected chi connectivity index (χ3v) is 8.14. The summed E-state index contributed by atoms with van der Waals surface area (Å²) in [6, 6.07) is 0. The van der Waals surface area contributed by atoms with E-state index in [9.17, 15) is 33.6 Å². The van der Waals surface area contributed by atoms with Gasteiger partial charge in [0.15, 0.2) is 6.29 Å². The van der Waals surface area contributed by atoms with E-state index in [1.807, 2.05) is 0 Å². The van der Waals surface area contributed by atoms with Gasteiger partial charge in [0, 0.05) is 23.7 Å². The molecule has 0 amide bonds. The largest absolute Gasteiger partial charge is 0.483 e. The third kappa shape index (κ3) is 6.71. The summed E-state index contributed by atoms with van der Waals surface area (Å²) in [5.41, 5.74) is 3.85. The quantitative estimate of drug-likeness (QED) is 0.280. The van der Waals surface area contributed by atoms with Crippen LogP contribution in [0.15, 0.2) is 15.8 Å². The number of aryl methyl sites for hydroxylation is 1. The van der Waals surface area contributed by atoms with Crippen LogP contribution in [-0.2, 0) is 32.0 Å². The minimum absolute atomic E-state index is 0.191. The van der Waals surface area contributed by atoms with Crippen LogP contribution in [0.5, 0.6) is 0 Å². The Bertz CT molecular complexity index is 1100. The highest BCUT2D eigenvalue weighted by atomic mass is 31.3. The predicted octanol–water partition coefficient (Wildman–Crippen LogP) is -0.0136. The second-order valence-corrected chi connectivity index (χ2v) is 11.6. The molecule has 6 N–H and O–H groups in total. The fourth-order valence-corrected chi connectivity index (χ4v) is 5.91. The van der Waals surface area contributed by atoms with Crippen molar-refractivity contribution in [1.82, 2.24) is 9.55 Å². The molecule has 1 aromatic heterocycles. The molecule has 0 radical (unpaired) electrons. The lowest BCUT2D eigenvalue weighted by atomic mass is 9.86. The molecule has 3 rings (SSSR count). The Morgan fingerprint density at radius 1 is 1.26 bits per heavy atom. The Morgan fingerprint density at radius 2 is 1.94 bits per heavy atom. The summed E-state index contributed by atoms with van der Waals surface area (Å²) in [5.74, 6) is 0. The van der Waals surface area contributed by atoms with Gasteiger partial charge in [-0.05, 0) is 33.6 Å². The molecule has 15 nitrogen and oxygen atoms in total. The van der Waals surface area contributed by atoms with Crippen molar-refractivity contribution in [3.8, 4) is 0 Å². The molecule has 2 aliphatic rings. The van der Waals surface area contributed by atoms with E-state index in [2.05, 4.69) is 9.29 Å². The highest BCUT2D eigenvalue weighted by Gasteiger charge is 2.46. The summed E-state index contributed by atoms with van der Waals surface area (Å²) in [7, 11) is -10.2. The maximum atomic E-state index is 12.2. The molecule has 3 heterocycles. The zero-order valence-corrected chi connectivity index (χ0v) is 20.5. The lowest BCUT2D eigenvalue weighted by Crippen LogP contribution is -2.60. The van der Waals surface area contributed by atoms with Crippen molar-refractivity contribution >= 4 is 15.6 Å². The Kier molecular flexibility index (Phi) is 8.08. The van der Waals surface area contributed by atoms with E-state index in [1.165, 1.54) is 31.5 Å². The maximum Gasteiger partial charge on any atom is 0.483 e. The van der Waals surface area contributed by atoms with Gasteiger partial charge in [-0.25, -0.2) is 13.9 Å². The number of rotatable bonds is 8. The minimum Gasteiger partial charge on any atom is -0.389 e. The zero-order chi connectivity index (χ0) is 25.5. The van der Waals surface area contributed by atoms with Crippen molar-refractivity contribution in [2.75, 3.05) is 6.61 Å². The monoisotopic (exact) mass is 529 g/mol. The van der Waals surface area contributed by atoms with Gasteiger partial charge >= 0.3 is 21.3 Å². The molecule has 0 aliphatic carbocycles. The van der Waals surface area contributed by atoms with Crippen LogP contribution in [0.4, 0.5) is 0 Å². The number of aromatic nitrogens is 2. The van der Waals surface area contributed by atoms with Crippen LogP contribution in [0, 0.1) is 6.92 Å². The van der Waals surface area contributed by atoms with Crippen molar-refractivity contribution in [3.05, 3.63) is 32.6 Å². The first-order chi connectivity index (χ1) is 15.6. The normalized spacial score (nSPS) is 35.6. The number of aromatic amines is 1. The van der Waals surface area contributed by atoms with Crippen LogP contribution in [0.1, 0.15) is 44.9 Å². The standard InChI is InChI=1S/C17H29N3O12P2/c1-9-7-20(16(23)19-15(9)22)12-5-4-11(30-12)8-28-33(24,25)32-34(26,27)31-13-6-17(3,18)14(21)10(2)29-13/h7,10-14,21H,4-6,8,18H2,1-3H3,(H,24,25)(H,26,27)(H,19,22,23)/t10-,11+,12-,13+,14-,17-/m1/s1. The molecule has 34 heavy (non-hydrogen) atoms. The van der Waals surface area contributed by atoms with Crippen molar-refractivity contribution in [3.63, 3.8) is 0 Å². The summed E-state index contributed by atoms with van der Waals surface area (Å²) in [6.45, 7) is 4.00. The van der Waals surface area contributed by atoms with Crippen molar-refractivity contribution < 1.29 is 46.9 Å². The predicted molar refractivity (Wildman–Crippen MR) is 115 cm³/mol. The SMILES string of the molecule is Cc1cn([C@H]2CC[C@@H](COP(=O)(O)OP(=O)(O)O[C@H]3C[C@@](C)(N)[C@H](O)[C@@H](C)O3)O2)c(=O)[nH]c1=O. The number of aliphatic hydroxyl groups excluding tert-OH is 1. The second-order valence-electron chi connectivity index (χ2n) is 8.61. The average Bonchev–Trinajstić information content (AvgIpc) is 3.15. The Labute approximate surface area is 194 Å². The van der Waals surface area contributed by atoms with E-state index in [0.717, 1.165) is 0 Å².